The number of nitrogens with one attached hydrogen (secondary N) is 2. The van der Waals surface area contributed by atoms with Gasteiger partial charge in [-0.3, -0.25) is 9.78 Å². The fourth-order valence-electron chi connectivity index (χ4n) is 3.80. The Morgan fingerprint density at radius 1 is 1.10 bits per heavy atom. The maximum Gasteiger partial charge on any atom is 0.256 e. The minimum Gasteiger partial charge on any atom is -0.322 e. The topological polar surface area (TPSA) is 88.2 Å². The van der Waals surface area contributed by atoms with E-state index in [1.165, 1.54) is 6.08 Å². The Bertz CT molecular complexity index is 1220. The summed E-state index contributed by atoms with van der Waals surface area (Å²) in [6.45, 7) is 3.70. The molecule has 0 aliphatic heterocycles. The lowest BCUT2D eigenvalue weighted by Crippen LogP contribution is -2.25. The normalized spacial score (nSPS) is 13.2. The highest BCUT2D eigenvalue weighted by molar-refractivity contribution is 7.88. The molecule has 0 saturated carbocycles. The molecule has 3 aromatic rings. The number of para-hydroxylation sites is 1. The number of rotatable bonds is 7. The predicted molar refractivity (Wildman–Crippen MR) is 119 cm³/mol. The average Bonchev–Trinajstić information content (AvgIpc) is 3.19. The Hall–Kier alpha value is -3.03. The number of aromatic nitrogens is 1. The van der Waals surface area contributed by atoms with E-state index in [1.807, 2.05) is 24.3 Å². The number of hydrogen-bond acceptors (Lipinski definition) is 4. The smallest absolute Gasteiger partial charge is 0.256 e. The molecule has 0 fully saturated rings. The molecule has 1 amide bonds. The molecule has 2 N–H and O–H groups in total. The zero-order chi connectivity index (χ0) is 21.1. The summed E-state index contributed by atoms with van der Waals surface area (Å²) in [4.78, 5) is 17.9. The molecule has 1 aliphatic carbocycles. The molecule has 30 heavy (non-hydrogen) atoms. The first-order chi connectivity index (χ1) is 14.5. The van der Waals surface area contributed by atoms with Crippen LogP contribution in [0, 0.1) is 0 Å². The van der Waals surface area contributed by atoms with E-state index in [9.17, 15) is 13.2 Å². The van der Waals surface area contributed by atoms with Crippen molar-refractivity contribution in [3.63, 3.8) is 0 Å². The van der Waals surface area contributed by atoms with Gasteiger partial charge in [0.15, 0.2) is 0 Å². The minimum absolute atomic E-state index is 0.127. The highest BCUT2D eigenvalue weighted by Crippen LogP contribution is 2.30. The van der Waals surface area contributed by atoms with Crippen LogP contribution in [0.4, 0.5) is 5.69 Å². The van der Waals surface area contributed by atoms with Gasteiger partial charge in [0.25, 0.3) is 5.91 Å². The third-order valence-corrected chi connectivity index (χ3v) is 6.48. The Labute approximate surface area is 176 Å². The van der Waals surface area contributed by atoms with Crippen LogP contribution >= 0.6 is 0 Å². The van der Waals surface area contributed by atoms with E-state index < -0.39 is 10.0 Å². The van der Waals surface area contributed by atoms with Crippen LogP contribution in [0.3, 0.4) is 0 Å². The van der Waals surface area contributed by atoms with E-state index in [0.717, 1.165) is 41.4 Å². The first kappa shape index (κ1) is 20.3. The molecule has 0 radical (unpaired) electrons. The number of carbonyl (C=O) groups excluding carboxylic acids is 1. The quantitative estimate of drug-likeness (QED) is 0.571. The zero-order valence-electron chi connectivity index (χ0n) is 16.5. The molecular weight excluding hydrogens is 398 g/mol. The molecule has 0 saturated heterocycles. The van der Waals surface area contributed by atoms with Crippen molar-refractivity contribution in [3.8, 4) is 0 Å². The predicted octanol–water partition coefficient (Wildman–Crippen LogP) is 3.58. The van der Waals surface area contributed by atoms with Gasteiger partial charge in [0.1, 0.15) is 0 Å². The SMILES string of the molecule is C=CCNS(=O)(=O)Cc1ccc(NC(=O)c2c3c(nc4ccccc24)CCC3)cc1. The number of benzene rings is 2. The van der Waals surface area contributed by atoms with E-state index in [1.54, 1.807) is 24.3 Å². The number of nitrogens with zero attached hydrogens (tertiary/aromatic N) is 1. The molecule has 7 heteroatoms. The number of anilines is 1. The molecule has 0 unspecified atom stereocenters. The highest BCUT2D eigenvalue weighted by Gasteiger charge is 2.23. The first-order valence-electron chi connectivity index (χ1n) is 9.86. The number of sulfonamides is 1. The summed E-state index contributed by atoms with van der Waals surface area (Å²) in [6, 6.07) is 14.6. The second-order valence-corrected chi connectivity index (χ2v) is 9.14. The summed E-state index contributed by atoms with van der Waals surface area (Å²) in [6.07, 6.45) is 4.24. The molecule has 0 spiro atoms. The Morgan fingerprint density at radius 2 is 1.87 bits per heavy atom. The van der Waals surface area contributed by atoms with Gasteiger partial charge < -0.3 is 5.32 Å². The Balaban J connectivity index is 1.56. The zero-order valence-corrected chi connectivity index (χ0v) is 17.3. The first-order valence-corrected chi connectivity index (χ1v) is 11.5. The van der Waals surface area contributed by atoms with Crippen LogP contribution in [0.5, 0.6) is 0 Å². The van der Waals surface area contributed by atoms with Crippen molar-refractivity contribution in [2.24, 2.45) is 0 Å². The van der Waals surface area contributed by atoms with Gasteiger partial charge in [-0.2, -0.15) is 0 Å². The van der Waals surface area contributed by atoms with Crippen LogP contribution in [0.25, 0.3) is 10.9 Å². The van der Waals surface area contributed by atoms with Gasteiger partial charge in [0.2, 0.25) is 10.0 Å². The van der Waals surface area contributed by atoms with Crippen LogP contribution in [0.1, 0.15) is 33.6 Å². The number of aryl methyl sites for hydroxylation is 1. The maximum absolute atomic E-state index is 13.2. The van der Waals surface area contributed by atoms with Gasteiger partial charge >= 0.3 is 0 Å². The summed E-state index contributed by atoms with van der Waals surface area (Å²) in [7, 11) is -3.42. The molecule has 2 aromatic carbocycles. The van der Waals surface area contributed by atoms with Crippen LogP contribution in [-0.2, 0) is 28.6 Å². The van der Waals surface area contributed by atoms with Crippen molar-refractivity contribution in [2.75, 3.05) is 11.9 Å². The van der Waals surface area contributed by atoms with Crippen LogP contribution in [0.2, 0.25) is 0 Å². The number of pyridine rings is 1. The highest BCUT2D eigenvalue weighted by atomic mass is 32.2. The Kier molecular flexibility index (Phi) is 5.65. The lowest BCUT2D eigenvalue weighted by molar-refractivity contribution is 0.102. The van der Waals surface area contributed by atoms with Gasteiger partial charge in [-0.05, 0) is 48.6 Å². The van der Waals surface area contributed by atoms with Crippen molar-refractivity contribution in [1.82, 2.24) is 9.71 Å². The lowest BCUT2D eigenvalue weighted by atomic mass is 10.0. The molecule has 1 heterocycles. The number of fused-ring (bicyclic) bond motifs is 2. The molecule has 0 atom stereocenters. The molecule has 6 nitrogen and oxygen atoms in total. The monoisotopic (exact) mass is 421 g/mol. The fourth-order valence-corrected chi connectivity index (χ4v) is 4.91. The summed E-state index contributed by atoms with van der Waals surface area (Å²) < 4.78 is 26.5. The maximum atomic E-state index is 13.2. The summed E-state index contributed by atoms with van der Waals surface area (Å²) in [5, 5.41) is 3.81. The summed E-state index contributed by atoms with van der Waals surface area (Å²) in [5.74, 6) is -0.294. The van der Waals surface area contributed by atoms with Crippen molar-refractivity contribution in [1.29, 1.82) is 0 Å². The second kappa shape index (κ2) is 8.38. The molecule has 0 bridgehead atoms. The molecular formula is C23H23N3O3S. The van der Waals surface area contributed by atoms with Crippen molar-refractivity contribution in [2.45, 2.75) is 25.0 Å². The summed E-state index contributed by atoms with van der Waals surface area (Å²) >= 11 is 0. The largest absolute Gasteiger partial charge is 0.322 e. The third-order valence-electron chi connectivity index (χ3n) is 5.16. The van der Waals surface area contributed by atoms with E-state index in [4.69, 9.17) is 4.98 Å². The third kappa shape index (κ3) is 4.27. The molecule has 1 aromatic heterocycles. The van der Waals surface area contributed by atoms with Crippen molar-refractivity contribution in [3.05, 3.63) is 83.6 Å². The van der Waals surface area contributed by atoms with Crippen LogP contribution < -0.4 is 10.0 Å². The van der Waals surface area contributed by atoms with Gasteiger partial charge in [0.05, 0.1) is 16.8 Å². The molecule has 4 rings (SSSR count). The number of carbonyl (C=O) groups is 1. The second-order valence-electron chi connectivity index (χ2n) is 7.33. The Morgan fingerprint density at radius 3 is 2.63 bits per heavy atom. The summed E-state index contributed by atoms with van der Waals surface area (Å²) in [5.41, 5.74) is 4.81. The van der Waals surface area contributed by atoms with E-state index in [0.29, 0.717) is 16.8 Å². The van der Waals surface area contributed by atoms with E-state index >= 15 is 0 Å². The van der Waals surface area contributed by atoms with E-state index in [2.05, 4.69) is 16.6 Å². The van der Waals surface area contributed by atoms with Crippen molar-refractivity contribution >= 4 is 32.5 Å². The van der Waals surface area contributed by atoms with Gasteiger partial charge in [0, 0.05) is 23.3 Å². The van der Waals surface area contributed by atoms with E-state index in [-0.39, 0.29) is 18.2 Å². The van der Waals surface area contributed by atoms with Crippen LogP contribution in [-0.4, -0.2) is 25.9 Å². The minimum atomic E-state index is -3.42. The van der Waals surface area contributed by atoms with Gasteiger partial charge in [-0.1, -0.05) is 36.4 Å². The average molecular weight is 422 g/mol. The number of amides is 1. The lowest BCUT2D eigenvalue weighted by Gasteiger charge is -2.13. The number of hydrogen-bond donors (Lipinski definition) is 2. The van der Waals surface area contributed by atoms with Gasteiger partial charge in [-0.15, -0.1) is 6.58 Å². The van der Waals surface area contributed by atoms with Gasteiger partial charge in [-0.25, -0.2) is 13.1 Å². The fraction of sp³-hybridized carbons (Fsp3) is 0.217. The molecule has 154 valence electrons. The van der Waals surface area contributed by atoms with Crippen LogP contribution in [0.15, 0.2) is 61.2 Å². The molecule has 1 aliphatic rings. The standard InChI is InChI=1S/C23H23N3O3S/c1-2-14-24-30(28,29)15-16-10-12-17(13-11-16)25-23(27)22-18-6-3-4-8-20(18)26-21-9-5-7-19(21)22/h2-4,6,8,10-13,24H,1,5,7,9,14-15H2,(H,25,27). The van der Waals surface area contributed by atoms with Crippen molar-refractivity contribution < 1.29 is 13.2 Å².